The van der Waals surface area contributed by atoms with Crippen LogP contribution in [0.1, 0.15) is 12.5 Å². The Labute approximate surface area is 182 Å². The molecule has 1 aliphatic heterocycles. The van der Waals surface area contributed by atoms with Gasteiger partial charge in [0.15, 0.2) is 5.82 Å². The molecule has 2 atom stereocenters. The van der Waals surface area contributed by atoms with E-state index in [0.29, 0.717) is 36.9 Å². The molecule has 13 heteroatoms. The van der Waals surface area contributed by atoms with Crippen LogP contribution in [0.2, 0.25) is 0 Å². The lowest BCUT2D eigenvalue weighted by Crippen LogP contribution is -2.47. The highest BCUT2D eigenvalue weighted by Gasteiger charge is 2.31. The van der Waals surface area contributed by atoms with Crippen LogP contribution in [0.3, 0.4) is 0 Å². The van der Waals surface area contributed by atoms with Crippen molar-refractivity contribution >= 4 is 21.5 Å². The van der Waals surface area contributed by atoms with E-state index in [4.69, 9.17) is 9.88 Å². The summed E-state index contributed by atoms with van der Waals surface area (Å²) in [6, 6.07) is 3.94. The number of nitrogens with zero attached hydrogens (tertiary/aromatic N) is 5. The number of rotatable bonds is 5. The molecular formula is C19H21F3N6O3S. The summed E-state index contributed by atoms with van der Waals surface area (Å²) in [5, 5.41) is 5.15. The molecule has 32 heavy (non-hydrogen) atoms. The average molecular weight is 470 g/mol. The Hall–Kier alpha value is -2.77. The normalized spacial score (nSPS) is 18.8. The Morgan fingerprint density at radius 1 is 1.28 bits per heavy atom. The number of alkyl halides is 3. The van der Waals surface area contributed by atoms with Gasteiger partial charge < -0.3 is 9.64 Å². The van der Waals surface area contributed by atoms with E-state index in [1.54, 1.807) is 13.0 Å². The predicted octanol–water partition coefficient (Wildman–Crippen LogP) is 1.94. The second kappa shape index (κ2) is 8.30. The standard InChI is InChI=1S/C19H21F3N6O3S/c1-12(11-32(23,29)30)15-10-27(6-7-31-15)17-4-5-24-18(26-17)14-8-25-16-3-2-13(9-28(14)16)19(20,21)22/h2-5,8-9,12,15H,6-7,10-11H2,1H3,(H2,23,29,30)/t12-,15+/m1/s1. The van der Waals surface area contributed by atoms with E-state index >= 15 is 0 Å². The minimum atomic E-state index is -4.49. The minimum Gasteiger partial charge on any atom is -0.374 e. The van der Waals surface area contributed by atoms with E-state index in [1.165, 1.54) is 22.9 Å². The lowest BCUT2D eigenvalue weighted by molar-refractivity contribution is -0.137. The Morgan fingerprint density at radius 3 is 2.78 bits per heavy atom. The third kappa shape index (κ3) is 4.84. The monoisotopic (exact) mass is 470 g/mol. The molecule has 0 unspecified atom stereocenters. The zero-order valence-electron chi connectivity index (χ0n) is 17.0. The molecule has 3 aromatic rings. The molecule has 9 nitrogen and oxygen atoms in total. The predicted molar refractivity (Wildman–Crippen MR) is 110 cm³/mol. The van der Waals surface area contributed by atoms with Crippen molar-refractivity contribution in [1.29, 1.82) is 0 Å². The first-order valence-electron chi connectivity index (χ1n) is 9.76. The van der Waals surface area contributed by atoms with Crippen molar-refractivity contribution < 1.29 is 26.3 Å². The lowest BCUT2D eigenvalue weighted by Gasteiger charge is -2.36. The average Bonchev–Trinajstić information content (AvgIpc) is 3.15. The van der Waals surface area contributed by atoms with Crippen molar-refractivity contribution in [3.8, 4) is 11.5 Å². The number of sulfonamides is 1. The molecule has 2 N–H and O–H groups in total. The van der Waals surface area contributed by atoms with Crippen molar-refractivity contribution in [3.63, 3.8) is 0 Å². The van der Waals surface area contributed by atoms with Crippen LogP contribution in [-0.4, -0.2) is 59.3 Å². The van der Waals surface area contributed by atoms with Gasteiger partial charge in [0.25, 0.3) is 0 Å². The molecule has 1 aliphatic rings. The van der Waals surface area contributed by atoms with Gasteiger partial charge in [0.1, 0.15) is 17.2 Å². The largest absolute Gasteiger partial charge is 0.417 e. The molecule has 0 aliphatic carbocycles. The maximum absolute atomic E-state index is 13.1. The van der Waals surface area contributed by atoms with Crippen LogP contribution in [0.25, 0.3) is 17.2 Å². The van der Waals surface area contributed by atoms with Gasteiger partial charge in [0.2, 0.25) is 10.0 Å². The van der Waals surface area contributed by atoms with Gasteiger partial charge in [-0.15, -0.1) is 0 Å². The van der Waals surface area contributed by atoms with Gasteiger partial charge in [-0.1, -0.05) is 6.92 Å². The van der Waals surface area contributed by atoms with Crippen molar-refractivity contribution in [3.05, 3.63) is 42.4 Å². The number of anilines is 1. The highest BCUT2D eigenvalue weighted by atomic mass is 32.2. The van der Waals surface area contributed by atoms with Crippen molar-refractivity contribution in [2.75, 3.05) is 30.3 Å². The van der Waals surface area contributed by atoms with Crippen LogP contribution < -0.4 is 10.0 Å². The second-order valence-electron chi connectivity index (χ2n) is 7.69. The maximum atomic E-state index is 13.1. The maximum Gasteiger partial charge on any atom is 0.417 e. The Morgan fingerprint density at radius 2 is 2.06 bits per heavy atom. The minimum absolute atomic E-state index is 0.204. The zero-order chi connectivity index (χ0) is 23.1. The van der Waals surface area contributed by atoms with Crippen LogP contribution in [0.5, 0.6) is 0 Å². The molecule has 172 valence electrons. The van der Waals surface area contributed by atoms with Gasteiger partial charge in [0, 0.05) is 25.5 Å². The van der Waals surface area contributed by atoms with Crippen LogP contribution in [-0.2, 0) is 20.9 Å². The van der Waals surface area contributed by atoms with Gasteiger partial charge in [0.05, 0.1) is 30.2 Å². The topological polar surface area (TPSA) is 116 Å². The summed E-state index contributed by atoms with van der Waals surface area (Å²) in [7, 11) is -3.64. The number of ether oxygens (including phenoxy) is 1. The van der Waals surface area contributed by atoms with Gasteiger partial charge in [-0.2, -0.15) is 13.2 Å². The van der Waals surface area contributed by atoms with Crippen LogP contribution in [0.4, 0.5) is 19.0 Å². The molecule has 0 saturated carbocycles. The third-order valence-electron chi connectivity index (χ3n) is 5.25. The number of hydrogen-bond donors (Lipinski definition) is 1. The first-order chi connectivity index (χ1) is 15.0. The number of fused-ring (bicyclic) bond motifs is 1. The molecule has 0 spiro atoms. The van der Waals surface area contributed by atoms with E-state index in [9.17, 15) is 21.6 Å². The number of morpholine rings is 1. The first-order valence-corrected chi connectivity index (χ1v) is 11.5. The molecule has 4 rings (SSSR count). The second-order valence-corrected chi connectivity index (χ2v) is 9.35. The molecule has 4 heterocycles. The summed E-state index contributed by atoms with van der Waals surface area (Å²) in [6.45, 7) is 3.02. The number of pyridine rings is 1. The number of primary sulfonamides is 1. The quantitative estimate of drug-likeness (QED) is 0.606. The summed E-state index contributed by atoms with van der Waals surface area (Å²) in [5.74, 6) is 0.237. The van der Waals surface area contributed by atoms with Gasteiger partial charge >= 0.3 is 6.18 Å². The van der Waals surface area contributed by atoms with Crippen molar-refractivity contribution in [2.24, 2.45) is 11.1 Å². The highest BCUT2D eigenvalue weighted by Crippen LogP contribution is 2.30. The molecule has 1 fully saturated rings. The van der Waals surface area contributed by atoms with Gasteiger partial charge in [-0.25, -0.2) is 28.5 Å². The van der Waals surface area contributed by atoms with Gasteiger partial charge in [-0.3, -0.25) is 4.40 Å². The van der Waals surface area contributed by atoms with E-state index in [-0.39, 0.29) is 23.6 Å². The zero-order valence-corrected chi connectivity index (χ0v) is 17.8. The fourth-order valence-electron chi connectivity index (χ4n) is 3.66. The van der Waals surface area contributed by atoms with Gasteiger partial charge in [-0.05, 0) is 24.1 Å². The van der Waals surface area contributed by atoms with Crippen LogP contribution >= 0.6 is 0 Å². The highest BCUT2D eigenvalue weighted by molar-refractivity contribution is 7.89. The summed E-state index contributed by atoms with van der Waals surface area (Å²) in [5.41, 5.74) is -0.147. The summed E-state index contributed by atoms with van der Waals surface area (Å²) >= 11 is 0. The lowest BCUT2D eigenvalue weighted by atomic mass is 10.1. The number of nitrogens with two attached hydrogens (primary N) is 1. The molecule has 0 radical (unpaired) electrons. The molecule has 1 saturated heterocycles. The number of imidazole rings is 1. The Balaban J connectivity index is 1.62. The Kier molecular flexibility index (Phi) is 5.81. The van der Waals surface area contributed by atoms with E-state index in [1.807, 2.05) is 4.90 Å². The fraction of sp³-hybridized carbons (Fsp3) is 0.421. The molecule has 3 aromatic heterocycles. The smallest absolute Gasteiger partial charge is 0.374 e. The fourth-order valence-corrected chi connectivity index (χ4v) is 4.61. The Bertz CT molecular complexity index is 1230. The van der Waals surface area contributed by atoms with E-state index < -0.39 is 21.8 Å². The van der Waals surface area contributed by atoms with Crippen LogP contribution in [0, 0.1) is 5.92 Å². The number of hydrogen-bond acceptors (Lipinski definition) is 7. The SMILES string of the molecule is C[C@H](CS(N)(=O)=O)[C@@H]1CN(c2ccnc(-c3cnc4ccc(C(F)(F)F)cn34)n2)CCO1. The summed E-state index contributed by atoms with van der Waals surface area (Å²) < 4.78 is 69.3. The molecular weight excluding hydrogens is 449 g/mol. The number of halogens is 3. The third-order valence-corrected chi connectivity index (χ3v) is 6.24. The first kappa shape index (κ1) is 22.4. The number of aromatic nitrogens is 4. The van der Waals surface area contributed by atoms with E-state index in [2.05, 4.69) is 15.0 Å². The van der Waals surface area contributed by atoms with Crippen molar-refractivity contribution in [2.45, 2.75) is 19.2 Å². The van der Waals surface area contributed by atoms with Crippen LogP contribution in [0.15, 0.2) is 36.8 Å². The summed E-state index contributed by atoms with van der Waals surface area (Å²) in [6.07, 6.45) is -0.957. The molecule has 0 aromatic carbocycles. The summed E-state index contributed by atoms with van der Waals surface area (Å²) in [4.78, 5) is 14.8. The molecule has 0 amide bonds. The van der Waals surface area contributed by atoms with E-state index in [0.717, 1.165) is 12.3 Å². The van der Waals surface area contributed by atoms with Crippen molar-refractivity contribution in [1.82, 2.24) is 19.4 Å². The molecule has 0 bridgehead atoms.